The molecule has 0 aliphatic carbocycles. The first-order valence-electron chi connectivity index (χ1n) is 4.50. The predicted octanol–water partition coefficient (Wildman–Crippen LogP) is 3.76. The van der Waals surface area contributed by atoms with E-state index in [1.54, 1.807) is 30.3 Å². The van der Waals surface area contributed by atoms with Crippen LogP contribution in [0.2, 0.25) is 10.0 Å². The molecule has 0 spiro atoms. The van der Waals surface area contributed by atoms with E-state index in [9.17, 15) is 0 Å². The molecule has 0 aliphatic rings. The largest absolute Gasteiger partial charge is 0.454 e. The number of benzene rings is 1. The van der Waals surface area contributed by atoms with Crippen molar-refractivity contribution in [3.05, 3.63) is 46.6 Å². The van der Waals surface area contributed by atoms with Gasteiger partial charge in [-0.1, -0.05) is 29.3 Å². The van der Waals surface area contributed by atoms with E-state index in [0.29, 0.717) is 27.4 Å². The molecule has 1 aromatic carbocycles. The highest BCUT2D eigenvalue weighted by Gasteiger charge is 2.06. The van der Waals surface area contributed by atoms with Crippen molar-refractivity contribution < 1.29 is 4.74 Å². The summed E-state index contributed by atoms with van der Waals surface area (Å²) in [5, 5.41) is 0.823. The second kappa shape index (κ2) is 4.60. The molecular weight excluding hydrogens is 247 g/mol. The second-order valence-electron chi connectivity index (χ2n) is 3.07. The van der Waals surface area contributed by atoms with Gasteiger partial charge in [-0.2, -0.15) is 0 Å². The van der Waals surface area contributed by atoms with Crippen LogP contribution in [0.5, 0.6) is 11.5 Å². The number of nitrogen functional groups attached to an aromatic ring is 1. The highest BCUT2D eigenvalue weighted by atomic mass is 35.5. The molecule has 3 nitrogen and oxygen atoms in total. The Bertz CT molecular complexity index is 500. The number of hydrogen-bond acceptors (Lipinski definition) is 3. The third kappa shape index (κ3) is 2.38. The monoisotopic (exact) mass is 254 g/mol. The lowest BCUT2D eigenvalue weighted by Crippen LogP contribution is -1.90. The van der Waals surface area contributed by atoms with E-state index >= 15 is 0 Å². The first-order chi connectivity index (χ1) is 7.66. The van der Waals surface area contributed by atoms with Crippen molar-refractivity contribution in [2.24, 2.45) is 0 Å². The third-order valence-electron chi connectivity index (χ3n) is 1.90. The zero-order valence-corrected chi connectivity index (χ0v) is 9.66. The lowest BCUT2D eigenvalue weighted by molar-refractivity contribution is 0.481. The standard InChI is InChI=1S/C11H8Cl2N2O/c12-8-2-1-3-9(11(8)13)16-7-4-5-10(14)15-6-7/h1-6H,(H2,14,15). The van der Waals surface area contributed by atoms with Gasteiger partial charge in [0.15, 0.2) is 0 Å². The van der Waals surface area contributed by atoms with Crippen LogP contribution in [0.3, 0.4) is 0 Å². The summed E-state index contributed by atoms with van der Waals surface area (Å²) in [6, 6.07) is 8.53. The van der Waals surface area contributed by atoms with Crippen LogP contribution in [0, 0.1) is 0 Å². The minimum absolute atomic E-state index is 0.376. The number of nitrogens with two attached hydrogens (primary N) is 1. The van der Waals surface area contributed by atoms with Gasteiger partial charge in [0, 0.05) is 0 Å². The van der Waals surface area contributed by atoms with E-state index in [2.05, 4.69) is 4.98 Å². The third-order valence-corrected chi connectivity index (χ3v) is 2.70. The van der Waals surface area contributed by atoms with E-state index < -0.39 is 0 Å². The van der Waals surface area contributed by atoms with Crippen molar-refractivity contribution in [1.82, 2.24) is 4.98 Å². The topological polar surface area (TPSA) is 48.1 Å². The molecule has 2 N–H and O–H groups in total. The molecule has 2 aromatic rings. The number of anilines is 1. The molecule has 2 rings (SSSR count). The second-order valence-corrected chi connectivity index (χ2v) is 3.86. The fourth-order valence-corrected chi connectivity index (χ4v) is 1.47. The number of nitrogens with zero attached hydrogens (tertiary/aromatic N) is 1. The van der Waals surface area contributed by atoms with Crippen LogP contribution in [0.1, 0.15) is 0 Å². The van der Waals surface area contributed by atoms with Crippen LogP contribution in [-0.4, -0.2) is 4.98 Å². The summed E-state index contributed by atoms with van der Waals surface area (Å²) in [6.07, 6.45) is 1.52. The Hall–Kier alpha value is -1.45. The van der Waals surface area contributed by atoms with Gasteiger partial charge in [0.2, 0.25) is 0 Å². The number of aromatic nitrogens is 1. The van der Waals surface area contributed by atoms with Crippen LogP contribution in [0.25, 0.3) is 0 Å². The molecule has 0 atom stereocenters. The van der Waals surface area contributed by atoms with Crippen LogP contribution >= 0.6 is 23.2 Å². The van der Waals surface area contributed by atoms with Crippen LogP contribution < -0.4 is 10.5 Å². The van der Waals surface area contributed by atoms with Crippen LogP contribution in [-0.2, 0) is 0 Å². The molecule has 0 aliphatic heterocycles. The molecule has 0 saturated heterocycles. The number of halogens is 2. The maximum atomic E-state index is 5.97. The summed E-state index contributed by atoms with van der Waals surface area (Å²) in [5.74, 6) is 1.48. The number of rotatable bonds is 2. The van der Waals surface area contributed by atoms with Gasteiger partial charge in [-0.15, -0.1) is 0 Å². The number of hydrogen-bond donors (Lipinski definition) is 1. The maximum Gasteiger partial charge on any atom is 0.147 e. The maximum absolute atomic E-state index is 5.97. The average Bonchev–Trinajstić information content (AvgIpc) is 2.28. The number of ether oxygens (including phenoxy) is 1. The Balaban J connectivity index is 2.27. The number of pyridine rings is 1. The molecule has 5 heteroatoms. The molecular formula is C11H8Cl2N2O. The van der Waals surface area contributed by atoms with Gasteiger partial charge in [-0.3, -0.25) is 0 Å². The lowest BCUT2D eigenvalue weighted by Gasteiger charge is -2.07. The average molecular weight is 255 g/mol. The summed E-state index contributed by atoms with van der Waals surface area (Å²) >= 11 is 11.8. The van der Waals surface area contributed by atoms with Gasteiger partial charge in [0.1, 0.15) is 22.3 Å². The van der Waals surface area contributed by atoms with Gasteiger partial charge in [0.25, 0.3) is 0 Å². The normalized spacial score (nSPS) is 10.1. The molecule has 0 radical (unpaired) electrons. The van der Waals surface area contributed by atoms with Gasteiger partial charge >= 0.3 is 0 Å². The molecule has 0 bridgehead atoms. The Morgan fingerprint density at radius 3 is 2.62 bits per heavy atom. The van der Waals surface area contributed by atoms with Gasteiger partial charge in [0.05, 0.1) is 11.2 Å². The molecule has 0 saturated carbocycles. The van der Waals surface area contributed by atoms with Crippen molar-refractivity contribution >= 4 is 29.0 Å². The minimum atomic E-state index is 0.376. The van der Waals surface area contributed by atoms with Crippen LogP contribution in [0.15, 0.2) is 36.5 Å². The van der Waals surface area contributed by atoms with Crippen molar-refractivity contribution in [2.45, 2.75) is 0 Å². The molecule has 0 amide bonds. The molecule has 82 valence electrons. The van der Waals surface area contributed by atoms with Crippen molar-refractivity contribution in [3.8, 4) is 11.5 Å². The highest BCUT2D eigenvalue weighted by Crippen LogP contribution is 2.34. The summed E-state index contributed by atoms with van der Waals surface area (Å²) in [7, 11) is 0. The Kier molecular flexibility index (Phi) is 3.17. The van der Waals surface area contributed by atoms with Gasteiger partial charge in [-0.05, 0) is 24.3 Å². The Morgan fingerprint density at radius 1 is 1.12 bits per heavy atom. The SMILES string of the molecule is Nc1ccc(Oc2cccc(Cl)c2Cl)cn1. The van der Waals surface area contributed by atoms with Crippen molar-refractivity contribution in [1.29, 1.82) is 0 Å². The zero-order chi connectivity index (χ0) is 11.5. The van der Waals surface area contributed by atoms with Gasteiger partial charge < -0.3 is 10.5 Å². The molecule has 1 aromatic heterocycles. The Morgan fingerprint density at radius 2 is 1.94 bits per heavy atom. The van der Waals surface area contributed by atoms with Gasteiger partial charge in [-0.25, -0.2) is 4.98 Å². The molecule has 16 heavy (non-hydrogen) atoms. The fourth-order valence-electron chi connectivity index (χ4n) is 1.14. The summed E-state index contributed by atoms with van der Waals surface area (Å²) in [6.45, 7) is 0. The summed E-state index contributed by atoms with van der Waals surface area (Å²) in [4.78, 5) is 3.90. The first-order valence-corrected chi connectivity index (χ1v) is 5.26. The van der Waals surface area contributed by atoms with E-state index in [0.717, 1.165) is 0 Å². The molecule has 0 unspecified atom stereocenters. The van der Waals surface area contributed by atoms with Crippen LogP contribution in [0.4, 0.5) is 5.82 Å². The molecule has 1 heterocycles. The first kappa shape index (κ1) is 11.0. The minimum Gasteiger partial charge on any atom is -0.454 e. The van der Waals surface area contributed by atoms with E-state index in [4.69, 9.17) is 33.7 Å². The smallest absolute Gasteiger partial charge is 0.147 e. The summed E-state index contributed by atoms with van der Waals surface area (Å²) in [5.41, 5.74) is 5.46. The lowest BCUT2D eigenvalue weighted by atomic mass is 10.3. The zero-order valence-electron chi connectivity index (χ0n) is 8.15. The van der Waals surface area contributed by atoms with E-state index in [-0.39, 0.29) is 0 Å². The van der Waals surface area contributed by atoms with E-state index in [1.807, 2.05) is 0 Å². The van der Waals surface area contributed by atoms with Crippen molar-refractivity contribution in [3.63, 3.8) is 0 Å². The van der Waals surface area contributed by atoms with E-state index in [1.165, 1.54) is 6.20 Å². The quantitative estimate of drug-likeness (QED) is 0.888. The van der Waals surface area contributed by atoms with Crippen molar-refractivity contribution in [2.75, 3.05) is 5.73 Å². The fraction of sp³-hybridized carbons (Fsp3) is 0. The molecule has 0 fully saturated rings. The highest BCUT2D eigenvalue weighted by molar-refractivity contribution is 6.42. The Labute approximate surface area is 103 Å². The summed E-state index contributed by atoms with van der Waals surface area (Å²) < 4.78 is 5.51. The predicted molar refractivity (Wildman–Crippen MR) is 65.2 cm³/mol.